The Balaban J connectivity index is 0.00000242. The predicted octanol–water partition coefficient (Wildman–Crippen LogP) is 3.78. The third-order valence-electron chi connectivity index (χ3n) is 3.95. The highest BCUT2D eigenvalue weighted by atomic mass is 35.5. The maximum Gasteiger partial charge on any atom is 0.0104 e. The van der Waals surface area contributed by atoms with Gasteiger partial charge < -0.3 is 10.2 Å². The van der Waals surface area contributed by atoms with Crippen molar-refractivity contribution in [1.82, 2.24) is 10.2 Å². The molecule has 1 N–H and O–H groups in total. The van der Waals surface area contributed by atoms with Gasteiger partial charge in [0.1, 0.15) is 0 Å². The van der Waals surface area contributed by atoms with Crippen LogP contribution in [0.5, 0.6) is 0 Å². The molecule has 0 amide bonds. The van der Waals surface area contributed by atoms with E-state index in [1.807, 2.05) is 7.05 Å². The Kier molecular flexibility index (Phi) is 8.83. The van der Waals surface area contributed by atoms with Crippen LogP contribution in [0.2, 0.25) is 0 Å². The second-order valence-corrected chi connectivity index (χ2v) is 5.57. The highest BCUT2D eigenvalue weighted by molar-refractivity contribution is 5.85. The standard InChI is InChI=1S/C19H26N2.ClH/c1-20-14-16-21(2)15-13-19(17-9-5-3-6-10-17)18-11-7-4-8-12-18;/h3-12,19-20H,13-16H2,1-2H3;1H. The van der Waals surface area contributed by atoms with Gasteiger partial charge in [-0.05, 0) is 38.2 Å². The fourth-order valence-corrected chi connectivity index (χ4v) is 2.66. The highest BCUT2D eigenvalue weighted by Crippen LogP contribution is 2.27. The summed E-state index contributed by atoms with van der Waals surface area (Å²) in [4.78, 5) is 2.40. The molecule has 3 heteroatoms. The molecule has 0 unspecified atom stereocenters. The molecule has 0 aliphatic rings. The number of hydrogen-bond acceptors (Lipinski definition) is 2. The van der Waals surface area contributed by atoms with Crippen LogP contribution in [-0.4, -0.2) is 38.6 Å². The number of nitrogens with one attached hydrogen (secondary N) is 1. The number of nitrogens with zero attached hydrogens (tertiary/aromatic N) is 1. The average molecular weight is 319 g/mol. The summed E-state index contributed by atoms with van der Waals surface area (Å²) in [5.41, 5.74) is 2.82. The summed E-state index contributed by atoms with van der Waals surface area (Å²) in [6, 6.07) is 21.7. The molecule has 2 nitrogen and oxygen atoms in total. The van der Waals surface area contributed by atoms with Crippen LogP contribution < -0.4 is 5.32 Å². The smallest absolute Gasteiger partial charge is 0.0104 e. The summed E-state index contributed by atoms with van der Waals surface area (Å²) >= 11 is 0. The Bertz CT molecular complexity index is 462. The lowest BCUT2D eigenvalue weighted by atomic mass is 9.88. The first-order valence-corrected chi connectivity index (χ1v) is 7.74. The van der Waals surface area contributed by atoms with E-state index in [4.69, 9.17) is 0 Å². The fourth-order valence-electron chi connectivity index (χ4n) is 2.66. The Hall–Kier alpha value is -1.35. The van der Waals surface area contributed by atoms with E-state index in [0.29, 0.717) is 5.92 Å². The van der Waals surface area contributed by atoms with Crippen molar-refractivity contribution in [3.63, 3.8) is 0 Å². The third-order valence-corrected chi connectivity index (χ3v) is 3.95. The van der Waals surface area contributed by atoms with Gasteiger partial charge in [-0.3, -0.25) is 0 Å². The van der Waals surface area contributed by atoms with Gasteiger partial charge in [0.05, 0.1) is 0 Å². The first-order chi connectivity index (χ1) is 10.3. The van der Waals surface area contributed by atoms with Gasteiger partial charge in [0.2, 0.25) is 0 Å². The molecule has 0 radical (unpaired) electrons. The van der Waals surface area contributed by atoms with Crippen LogP contribution in [-0.2, 0) is 0 Å². The Morgan fingerprint density at radius 3 is 1.82 bits per heavy atom. The topological polar surface area (TPSA) is 15.3 Å². The summed E-state index contributed by atoms with van der Waals surface area (Å²) in [6.07, 6.45) is 1.15. The van der Waals surface area contributed by atoms with Crippen LogP contribution in [0, 0.1) is 0 Å². The van der Waals surface area contributed by atoms with E-state index >= 15 is 0 Å². The number of hydrogen-bond donors (Lipinski definition) is 1. The fraction of sp³-hybridized carbons (Fsp3) is 0.368. The molecule has 22 heavy (non-hydrogen) atoms. The molecule has 0 saturated carbocycles. The zero-order valence-electron chi connectivity index (χ0n) is 13.5. The third kappa shape index (κ3) is 5.80. The zero-order chi connectivity index (χ0) is 14.9. The van der Waals surface area contributed by atoms with E-state index in [9.17, 15) is 0 Å². The van der Waals surface area contributed by atoms with E-state index in [2.05, 4.69) is 77.9 Å². The SMILES string of the molecule is CNCCN(C)CCC(c1ccccc1)c1ccccc1.Cl. The van der Waals surface area contributed by atoms with Crippen molar-refractivity contribution >= 4 is 12.4 Å². The second-order valence-electron chi connectivity index (χ2n) is 5.57. The van der Waals surface area contributed by atoms with Crippen LogP contribution in [0.3, 0.4) is 0 Å². The Morgan fingerprint density at radius 1 is 0.864 bits per heavy atom. The van der Waals surface area contributed by atoms with Crippen LogP contribution >= 0.6 is 12.4 Å². The minimum Gasteiger partial charge on any atom is -0.318 e. The normalized spacial score (nSPS) is 10.7. The number of benzene rings is 2. The number of rotatable bonds is 8. The van der Waals surface area contributed by atoms with Crippen LogP contribution in [0.25, 0.3) is 0 Å². The molecular weight excluding hydrogens is 292 g/mol. The quantitative estimate of drug-likeness (QED) is 0.797. The van der Waals surface area contributed by atoms with Crippen LogP contribution in [0.1, 0.15) is 23.5 Å². The van der Waals surface area contributed by atoms with Crippen molar-refractivity contribution in [1.29, 1.82) is 0 Å². The van der Waals surface area contributed by atoms with Crippen molar-refractivity contribution in [2.24, 2.45) is 0 Å². The van der Waals surface area contributed by atoms with Gasteiger partial charge in [0.25, 0.3) is 0 Å². The van der Waals surface area contributed by atoms with E-state index in [1.165, 1.54) is 11.1 Å². The highest BCUT2D eigenvalue weighted by Gasteiger charge is 2.14. The van der Waals surface area contributed by atoms with Gasteiger partial charge in [-0.2, -0.15) is 0 Å². The lowest BCUT2D eigenvalue weighted by Gasteiger charge is -2.22. The average Bonchev–Trinajstić information content (AvgIpc) is 2.55. The number of halogens is 1. The first-order valence-electron chi connectivity index (χ1n) is 7.74. The maximum absolute atomic E-state index is 3.21. The van der Waals surface area contributed by atoms with Gasteiger partial charge in [-0.25, -0.2) is 0 Å². The van der Waals surface area contributed by atoms with Crippen LogP contribution in [0.4, 0.5) is 0 Å². The minimum atomic E-state index is 0. The summed E-state index contributed by atoms with van der Waals surface area (Å²) < 4.78 is 0. The van der Waals surface area contributed by atoms with E-state index in [-0.39, 0.29) is 12.4 Å². The van der Waals surface area contributed by atoms with Crippen molar-refractivity contribution < 1.29 is 0 Å². The molecular formula is C19H27ClN2. The molecule has 0 aliphatic carbocycles. The van der Waals surface area contributed by atoms with Gasteiger partial charge in [-0.1, -0.05) is 60.7 Å². The molecule has 0 bridgehead atoms. The molecule has 2 rings (SSSR count). The maximum atomic E-state index is 3.21. The van der Waals surface area contributed by atoms with Gasteiger partial charge >= 0.3 is 0 Å². The lowest BCUT2D eigenvalue weighted by Crippen LogP contribution is -2.29. The lowest BCUT2D eigenvalue weighted by molar-refractivity contribution is 0.324. The molecule has 0 atom stereocenters. The van der Waals surface area contributed by atoms with Gasteiger partial charge in [-0.15, -0.1) is 12.4 Å². The molecule has 0 saturated heterocycles. The Morgan fingerprint density at radius 2 is 1.36 bits per heavy atom. The summed E-state index contributed by atoms with van der Waals surface area (Å²) in [5, 5.41) is 3.21. The van der Waals surface area contributed by atoms with Crippen molar-refractivity contribution in [2.45, 2.75) is 12.3 Å². The van der Waals surface area contributed by atoms with Crippen molar-refractivity contribution in [3.8, 4) is 0 Å². The number of likely N-dealkylation sites (N-methyl/N-ethyl adjacent to an activating group) is 2. The summed E-state index contributed by atoms with van der Waals surface area (Å²) in [6.45, 7) is 3.24. The second kappa shape index (κ2) is 10.4. The molecule has 0 spiro atoms. The molecule has 0 fully saturated rings. The van der Waals surface area contributed by atoms with Crippen molar-refractivity contribution in [3.05, 3.63) is 71.8 Å². The van der Waals surface area contributed by atoms with Gasteiger partial charge in [0.15, 0.2) is 0 Å². The van der Waals surface area contributed by atoms with E-state index < -0.39 is 0 Å². The molecule has 2 aromatic carbocycles. The van der Waals surface area contributed by atoms with Crippen molar-refractivity contribution in [2.75, 3.05) is 33.7 Å². The van der Waals surface area contributed by atoms with E-state index in [1.54, 1.807) is 0 Å². The zero-order valence-corrected chi connectivity index (χ0v) is 14.4. The monoisotopic (exact) mass is 318 g/mol. The Labute approximate surface area is 141 Å². The molecule has 0 aliphatic heterocycles. The largest absolute Gasteiger partial charge is 0.318 e. The minimum absolute atomic E-state index is 0. The molecule has 0 aromatic heterocycles. The van der Waals surface area contributed by atoms with E-state index in [0.717, 1.165) is 26.1 Å². The first kappa shape index (κ1) is 18.7. The molecule has 2 aromatic rings. The van der Waals surface area contributed by atoms with Crippen LogP contribution in [0.15, 0.2) is 60.7 Å². The summed E-state index contributed by atoms with van der Waals surface area (Å²) in [7, 11) is 4.20. The molecule has 0 heterocycles. The molecule has 120 valence electrons. The summed E-state index contributed by atoms with van der Waals surface area (Å²) in [5.74, 6) is 0.476. The van der Waals surface area contributed by atoms with Gasteiger partial charge in [0, 0.05) is 19.0 Å². The predicted molar refractivity (Wildman–Crippen MR) is 98.0 cm³/mol.